The molecule has 0 aromatic heterocycles. The molecule has 1 aliphatic rings. The average Bonchev–Trinajstić information content (AvgIpc) is 2.98. The van der Waals surface area contributed by atoms with Crippen molar-refractivity contribution in [2.75, 3.05) is 11.4 Å². The van der Waals surface area contributed by atoms with Crippen LogP contribution in [0.5, 0.6) is 0 Å². The summed E-state index contributed by atoms with van der Waals surface area (Å²) in [7, 11) is 0. The number of benzene rings is 2. The number of nitrogens with zero attached hydrogens (tertiary/aromatic N) is 1. The molecule has 0 bridgehead atoms. The minimum Gasteiger partial charge on any atom is -0.404 e. The van der Waals surface area contributed by atoms with Gasteiger partial charge in [-0.05, 0) is 36.6 Å². The second-order valence-corrected chi connectivity index (χ2v) is 6.06. The zero-order valence-corrected chi connectivity index (χ0v) is 13.7. The van der Waals surface area contributed by atoms with E-state index >= 15 is 0 Å². The second-order valence-electron chi connectivity index (χ2n) is 6.06. The zero-order chi connectivity index (χ0) is 17.1. The summed E-state index contributed by atoms with van der Waals surface area (Å²) in [5.41, 5.74) is 10.2. The van der Waals surface area contributed by atoms with E-state index in [2.05, 4.69) is 6.07 Å². The van der Waals surface area contributed by atoms with Gasteiger partial charge in [-0.1, -0.05) is 42.0 Å². The fraction of sp³-hybridized carbons (Fsp3) is 0.200. The molecule has 1 heterocycles. The minimum absolute atomic E-state index is 0.0642. The van der Waals surface area contributed by atoms with Gasteiger partial charge in [0.05, 0.1) is 5.92 Å². The number of amides is 1. The van der Waals surface area contributed by atoms with Crippen molar-refractivity contribution in [3.05, 3.63) is 71.4 Å². The van der Waals surface area contributed by atoms with Crippen molar-refractivity contribution in [3.8, 4) is 0 Å². The summed E-state index contributed by atoms with van der Waals surface area (Å²) in [6.07, 6.45) is 3.47. The number of carbonyl (C=O) groups excluding carboxylic acids is 1. The molecule has 4 heteroatoms. The van der Waals surface area contributed by atoms with Gasteiger partial charge < -0.3 is 16.0 Å². The fourth-order valence-corrected chi connectivity index (χ4v) is 3.19. The lowest BCUT2D eigenvalue weighted by Gasteiger charge is -2.17. The van der Waals surface area contributed by atoms with Crippen molar-refractivity contribution in [2.45, 2.75) is 19.3 Å². The molecule has 3 rings (SSSR count). The molecule has 1 aliphatic heterocycles. The summed E-state index contributed by atoms with van der Waals surface area (Å²) >= 11 is 0. The Balaban J connectivity index is 1.81. The van der Waals surface area contributed by atoms with E-state index in [0.717, 1.165) is 29.8 Å². The Morgan fingerprint density at radius 2 is 2.00 bits per heavy atom. The van der Waals surface area contributed by atoms with Gasteiger partial charge in [-0.25, -0.2) is 0 Å². The fourth-order valence-electron chi connectivity index (χ4n) is 3.19. The molecule has 0 radical (unpaired) electrons. The molecule has 3 N–H and O–H groups in total. The van der Waals surface area contributed by atoms with E-state index in [9.17, 15) is 4.79 Å². The molecular weight excluding hydrogens is 298 g/mol. The smallest absolute Gasteiger partial charge is 0.234 e. The highest BCUT2D eigenvalue weighted by atomic mass is 16.2. The molecule has 24 heavy (non-hydrogen) atoms. The Kier molecular flexibility index (Phi) is 4.47. The van der Waals surface area contributed by atoms with Gasteiger partial charge in [0.1, 0.15) is 0 Å². The van der Waals surface area contributed by atoms with E-state index in [1.54, 1.807) is 0 Å². The molecule has 1 amide bonds. The first-order valence-electron chi connectivity index (χ1n) is 8.05. The third kappa shape index (κ3) is 2.95. The van der Waals surface area contributed by atoms with Gasteiger partial charge in [0.25, 0.3) is 0 Å². The van der Waals surface area contributed by atoms with Crippen LogP contribution in [0.1, 0.15) is 29.0 Å². The molecule has 0 spiro atoms. The normalized spacial score (nSPS) is 18.0. The summed E-state index contributed by atoms with van der Waals surface area (Å²) in [5, 5.41) is 7.35. The van der Waals surface area contributed by atoms with Crippen LogP contribution in [0, 0.1) is 12.3 Å². The number of nitrogens with one attached hydrogen (secondary N) is 1. The lowest BCUT2D eigenvalue weighted by atomic mass is 9.96. The molecule has 2 aromatic rings. The Labute approximate surface area is 142 Å². The number of carbonyl (C=O) groups is 1. The van der Waals surface area contributed by atoms with Crippen LogP contribution in [0.15, 0.2) is 54.7 Å². The average molecular weight is 319 g/mol. The van der Waals surface area contributed by atoms with Crippen LogP contribution in [0.3, 0.4) is 0 Å². The maximum absolute atomic E-state index is 12.8. The molecule has 1 saturated heterocycles. The van der Waals surface area contributed by atoms with E-state index in [0.29, 0.717) is 5.57 Å². The van der Waals surface area contributed by atoms with Crippen molar-refractivity contribution in [3.63, 3.8) is 0 Å². The predicted molar refractivity (Wildman–Crippen MR) is 98.3 cm³/mol. The van der Waals surface area contributed by atoms with Gasteiger partial charge >= 0.3 is 0 Å². The number of hydrogen-bond acceptors (Lipinski definition) is 3. The highest BCUT2D eigenvalue weighted by Gasteiger charge is 2.33. The zero-order valence-electron chi connectivity index (χ0n) is 13.7. The summed E-state index contributed by atoms with van der Waals surface area (Å²) in [4.78, 5) is 14.6. The van der Waals surface area contributed by atoms with E-state index in [4.69, 9.17) is 11.1 Å². The first-order valence-corrected chi connectivity index (χ1v) is 8.05. The molecule has 1 fully saturated rings. The molecule has 2 aromatic carbocycles. The van der Waals surface area contributed by atoms with Crippen LogP contribution >= 0.6 is 0 Å². The van der Waals surface area contributed by atoms with Crippen LogP contribution in [0.2, 0.25) is 0 Å². The Morgan fingerprint density at radius 1 is 1.25 bits per heavy atom. The molecule has 1 atom stereocenters. The lowest BCUT2D eigenvalue weighted by Crippen LogP contribution is -2.26. The third-order valence-corrected chi connectivity index (χ3v) is 4.50. The van der Waals surface area contributed by atoms with Crippen molar-refractivity contribution < 1.29 is 4.79 Å². The molecule has 1 unspecified atom stereocenters. The van der Waals surface area contributed by atoms with Crippen LogP contribution in [0.4, 0.5) is 5.69 Å². The topological polar surface area (TPSA) is 70.2 Å². The molecule has 122 valence electrons. The van der Waals surface area contributed by atoms with Crippen molar-refractivity contribution in [2.24, 2.45) is 5.73 Å². The minimum atomic E-state index is -0.0642. The van der Waals surface area contributed by atoms with Crippen LogP contribution in [0.25, 0.3) is 5.57 Å². The maximum Gasteiger partial charge on any atom is 0.234 e. The number of aryl methyl sites for hydroxylation is 1. The molecular formula is C20H21N3O. The van der Waals surface area contributed by atoms with Crippen molar-refractivity contribution in [1.29, 1.82) is 5.41 Å². The molecule has 4 nitrogen and oxygen atoms in total. The number of anilines is 1. The molecule has 0 saturated carbocycles. The summed E-state index contributed by atoms with van der Waals surface area (Å²) in [6, 6.07) is 15.8. The van der Waals surface area contributed by atoms with Gasteiger partial charge in [0.15, 0.2) is 0 Å². The second kappa shape index (κ2) is 6.71. The number of allylic oxidation sites excluding steroid dienone is 1. The lowest BCUT2D eigenvalue weighted by molar-refractivity contribution is -0.118. The first-order chi connectivity index (χ1) is 11.6. The first kappa shape index (κ1) is 16.0. The van der Waals surface area contributed by atoms with Gasteiger partial charge in [-0.2, -0.15) is 0 Å². The van der Waals surface area contributed by atoms with E-state index in [-0.39, 0.29) is 11.8 Å². The SMILES string of the molecule is Cc1cccc(C2CCN(c3ccc(/C(C=N)=C/N)cc3)C2=O)c1. The van der Waals surface area contributed by atoms with Gasteiger partial charge in [-0.15, -0.1) is 0 Å². The summed E-state index contributed by atoms with van der Waals surface area (Å²) < 4.78 is 0. The number of rotatable bonds is 4. The maximum atomic E-state index is 12.8. The van der Waals surface area contributed by atoms with E-state index < -0.39 is 0 Å². The van der Waals surface area contributed by atoms with Gasteiger partial charge in [0.2, 0.25) is 5.91 Å². The van der Waals surface area contributed by atoms with Crippen molar-refractivity contribution >= 4 is 23.4 Å². The highest BCUT2D eigenvalue weighted by molar-refractivity contribution is 6.08. The number of nitrogens with two attached hydrogens (primary N) is 1. The van der Waals surface area contributed by atoms with Crippen molar-refractivity contribution in [1.82, 2.24) is 0 Å². The molecule has 0 aliphatic carbocycles. The van der Waals surface area contributed by atoms with E-state index in [1.165, 1.54) is 18.0 Å². The summed E-state index contributed by atoms with van der Waals surface area (Å²) in [6.45, 7) is 2.77. The monoisotopic (exact) mass is 319 g/mol. The standard InChI is InChI=1S/C20H21N3O/c1-14-3-2-4-16(11-14)19-9-10-23(20(19)24)18-7-5-15(6-8-18)17(12-21)13-22/h2-8,11-13,19,21H,9-10,22H2,1H3/b17-13+,21-12?. The highest BCUT2D eigenvalue weighted by Crippen LogP contribution is 2.32. The Bertz CT molecular complexity index is 793. The van der Waals surface area contributed by atoms with Gasteiger partial charge in [-0.3, -0.25) is 4.79 Å². The van der Waals surface area contributed by atoms with Crippen LogP contribution < -0.4 is 10.6 Å². The van der Waals surface area contributed by atoms with E-state index in [1.807, 2.05) is 54.3 Å². The van der Waals surface area contributed by atoms with Gasteiger partial charge in [0, 0.05) is 30.2 Å². The quantitative estimate of drug-likeness (QED) is 0.847. The Morgan fingerprint density at radius 3 is 2.62 bits per heavy atom. The number of hydrogen-bond donors (Lipinski definition) is 2. The third-order valence-electron chi connectivity index (χ3n) is 4.50. The predicted octanol–water partition coefficient (Wildman–Crippen LogP) is 3.46. The Hall–Kier alpha value is -2.88. The summed E-state index contributed by atoms with van der Waals surface area (Å²) in [5.74, 6) is 0.0839. The largest absolute Gasteiger partial charge is 0.404 e. The van der Waals surface area contributed by atoms with Crippen LogP contribution in [-0.4, -0.2) is 18.7 Å². The van der Waals surface area contributed by atoms with Crippen LogP contribution in [-0.2, 0) is 4.79 Å².